The highest BCUT2D eigenvalue weighted by Gasteiger charge is 2.13. The Morgan fingerprint density at radius 2 is 1.90 bits per heavy atom. The lowest BCUT2D eigenvalue weighted by Gasteiger charge is -2.10. The molecule has 0 fully saturated rings. The number of hydrogen-bond donors (Lipinski definition) is 1. The van der Waals surface area contributed by atoms with E-state index in [0.717, 1.165) is 11.8 Å². The maximum atomic E-state index is 14.0. The second kappa shape index (κ2) is 6.81. The minimum absolute atomic E-state index is 0.0167. The van der Waals surface area contributed by atoms with Crippen molar-refractivity contribution in [3.63, 3.8) is 0 Å². The van der Waals surface area contributed by atoms with E-state index in [0.29, 0.717) is 17.1 Å². The summed E-state index contributed by atoms with van der Waals surface area (Å²) in [6, 6.07) is 8.26. The van der Waals surface area contributed by atoms with Gasteiger partial charge in [-0.2, -0.15) is 0 Å². The van der Waals surface area contributed by atoms with Gasteiger partial charge >= 0.3 is 0 Å². The van der Waals surface area contributed by atoms with E-state index in [4.69, 9.17) is 0 Å². The summed E-state index contributed by atoms with van der Waals surface area (Å²) in [5.41, 5.74) is 0.596. The zero-order valence-corrected chi connectivity index (χ0v) is 12.2. The molecule has 1 heterocycles. The van der Waals surface area contributed by atoms with Crippen molar-refractivity contribution in [3.8, 4) is 0 Å². The van der Waals surface area contributed by atoms with Crippen LogP contribution in [0.2, 0.25) is 0 Å². The van der Waals surface area contributed by atoms with Gasteiger partial charge in [-0.1, -0.05) is 31.7 Å². The molecule has 0 bridgehead atoms. The monoisotopic (exact) mass is 294 g/mol. The summed E-state index contributed by atoms with van der Waals surface area (Å²) in [6.45, 7) is 4.41. The summed E-state index contributed by atoms with van der Waals surface area (Å²) < 4.78 is 28.0. The maximum Gasteiger partial charge on any atom is 0.140 e. The first kappa shape index (κ1) is 14.9. The van der Waals surface area contributed by atoms with Crippen molar-refractivity contribution in [1.82, 2.24) is 10.3 Å². The van der Waals surface area contributed by atoms with Crippen LogP contribution < -0.4 is 5.32 Å². The highest BCUT2D eigenvalue weighted by atomic mass is 32.2. The number of nitrogens with zero attached hydrogens (tertiary/aromatic N) is 1. The van der Waals surface area contributed by atoms with Crippen molar-refractivity contribution in [1.29, 1.82) is 0 Å². The summed E-state index contributed by atoms with van der Waals surface area (Å²) in [6.07, 6.45) is 1.60. The van der Waals surface area contributed by atoms with Gasteiger partial charge in [-0.25, -0.2) is 13.8 Å². The molecule has 0 aliphatic carbocycles. The van der Waals surface area contributed by atoms with Crippen LogP contribution in [0.15, 0.2) is 46.5 Å². The lowest BCUT2D eigenvalue weighted by atomic mass is 10.2. The average Bonchev–Trinajstić information content (AvgIpc) is 2.42. The molecule has 0 saturated heterocycles. The Bertz CT molecular complexity index is 550. The predicted molar refractivity (Wildman–Crippen MR) is 76.7 cm³/mol. The third-order valence-electron chi connectivity index (χ3n) is 2.62. The predicted octanol–water partition coefficient (Wildman–Crippen LogP) is 4.01. The smallest absolute Gasteiger partial charge is 0.140 e. The largest absolute Gasteiger partial charge is 0.310 e. The average molecular weight is 294 g/mol. The Balaban J connectivity index is 2.18. The Hall–Kier alpha value is -1.46. The molecule has 5 heteroatoms. The van der Waals surface area contributed by atoms with Crippen LogP contribution in [-0.2, 0) is 6.54 Å². The Labute approximate surface area is 121 Å². The molecular weight excluding hydrogens is 278 g/mol. The third-order valence-corrected chi connectivity index (χ3v) is 3.66. The van der Waals surface area contributed by atoms with Crippen LogP contribution in [0, 0.1) is 11.6 Å². The van der Waals surface area contributed by atoms with E-state index in [-0.39, 0.29) is 10.9 Å². The molecule has 1 aromatic carbocycles. The normalized spacial score (nSPS) is 11.1. The zero-order valence-electron chi connectivity index (χ0n) is 11.4. The molecule has 0 atom stereocenters. The van der Waals surface area contributed by atoms with Crippen molar-refractivity contribution >= 4 is 11.8 Å². The molecule has 2 rings (SSSR count). The minimum Gasteiger partial charge on any atom is -0.310 e. The number of benzene rings is 1. The van der Waals surface area contributed by atoms with Crippen LogP contribution in [0.5, 0.6) is 0 Å². The molecule has 0 aliphatic rings. The molecule has 0 unspecified atom stereocenters. The summed E-state index contributed by atoms with van der Waals surface area (Å²) in [5, 5.41) is 3.70. The third kappa shape index (κ3) is 4.02. The van der Waals surface area contributed by atoms with Crippen molar-refractivity contribution in [3.05, 3.63) is 53.7 Å². The fraction of sp³-hybridized carbons (Fsp3) is 0.267. The van der Waals surface area contributed by atoms with E-state index < -0.39 is 11.6 Å². The number of nitrogens with one attached hydrogen (secondary N) is 1. The molecule has 1 aromatic heterocycles. The molecule has 0 saturated carbocycles. The molecule has 2 aromatic rings. The maximum absolute atomic E-state index is 14.0. The number of aromatic nitrogens is 1. The second-order valence-electron chi connectivity index (χ2n) is 4.69. The fourth-order valence-corrected chi connectivity index (χ4v) is 2.43. The lowest BCUT2D eigenvalue weighted by molar-refractivity contribution is 0.529. The van der Waals surface area contributed by atoms with E-state index in [2.05, 4.69) is 10.3 Å². The van der Waals surface area contributed by atoms with Crippen molar-refractivity contribution in [2.75, 3.05) is 0 Å². The standard InChI is InChI=1S/C15H16F2N2S/c1-10(2)19-9-11-7-12(16)15(13(17)8-11)20-14-5-3-4-6-18-14/h3-8,10,19H,9H2,1-2H3. The Morgan fingerprint density at radius 3 is 2.45 bits per heavy atom. The molecule has 0 aliphatic heterocycles. The van der Waals surface area contributed by atoms with Crippen LogP contribution in [0.1, 0.15) is 19.4 Å². The molecule has 0 radical (unpaired) electrons. The summed E-state index contributed by atoms with van der Waals surface area (Å²) in [5.74, 6) is -1.11. The summed E-state index contributed by atoms with van der Waals surface area (Å²) in [4.78, 5) is 4.04. The van der Waals surface area contributed by atoms with Crippen molar-refractivity contribution in [2.45, 2.75) is 36.4 Å². The SMILES string of the molecule is CC(C)NCc1cc(F)c(Sc2ccccn2)c(F)c1. The van der Waals surface area contributed by atoms with Crippen LogP contribution in [0.4, 0.5) is 8.78 Å². The molecule has 1 N–H and O–H groups in total. The summed E-state index contributed by atoms with van der Waals surface area (Å²) in [7, 11) is 0. The van der Waals surface area contributed by atoms with Crippen LogP contribution in [-0.4, -0.2) is 11.0 Å². The van der Waals surface area contributed by atoms with E-state index in [1.807, 2.05) is 13.8 Å². The van der Waals surface area contributed by atoms with E-state index in [1.165, 1.54) is 12.1 Å². The first-order valence-electron chi connectivity index (χ1n) is 6.36. The minimum atomic E-state index is -0.554. The van der Waals surface area contributed by atoms with Gasteiger partial charge in [-0.05, 0) is 29.8 Å². The van der Waals surface area contributed by atoms with Gasteiger partial charge in [0.15, 0.2) is 0 Å². The van der Waals surface area contributed by atoms with Gasteiger partial charge in [0, 0.05) is 18.8 Å². The van der Waals surface area contributed by atoms with Crippen molar-refractivity contribution < 1.29 is 8.78 Å². The Morgan fingerprint density at radius 1 is 1.20 bits per heavy atom. The van der Waals surface area contributed by atoms with Crippen molar-refractivity contribution in [2.24, 2.45) is 0 Å². The van der Waals surface area contributed by atoms with E-state index in [9.17, 15) is 8.78 Å². The molecule has 0 spiro atoms. The van der Waals surface area contributed by atoms with Crippen LogP contribution in [0.3, 0.4) is 0 Å². The topological polar surface area (TPSA) is 24.9 Å². The first-order valence-corrected chi connectivity index (χ1v) is 7.18. The van der Waals surface area contributed by atoms with Gasteiger partial charge in [-0.3, -0.25) is 0 Å². The summed E-state index contributed by atoms with van der Waals surface area (Å²) >= 11 is 0.992. The molecule has 20 heavy (non-hydrogen) atoms. The molecular formula is C15H16F2N2S. The van der Waals surface area contributed by atoms with E-state index in [1.54, 1.807) is 24.4 Å². The number of pyridine rings is 1. The van der Waals surface area contributed by atoms with Gasteiger partial charge in [0.2, 0.25) is 0 Å². The van der Waals surface area contributed by atoms with Gasteiger partial charge in [-0.15, -0.1) is 0 Å². The second-order valence-corrected chi connectivity index (χ2v) is 5.72. The fourth-order valence-electron chi connectivity index (χ4n) is 1.65. The van der Waals surface area contributed by atoms with Gasteiger partial charge in [0.25, 0.3) is 0 Å². The molecule has 0 amide bonds. The number of hydrogen-bond acceptors (Lipinski definition) is 3. The van der Waals surface area contributed by atoms with Gasteiger partial charge < -0.3 is 5.32 Å². The van der Waals surface area contributed by atoms with E-state index >= 15 is 0 Å². The zero-order chi connectivity index (χ0) is 14.5. The van der Waals surface area contributed by atoms with Crippen LogP contribution in [0.25, 0.3) is 0 Å². The van der Waals surface area contributed by atoms with Gasteiger partial charge in [0.05, 0.1) is 4.90 Å². The number of halogens is 2. The lowest BCUT2D eigenvalue weighted by Crippen LogP contribution is -2.22. The molecule has 2 nitrogen and oxygen atoms in total. The van der Waals surface area contributed by atoms with Crippen LogP contribution >= 0.6 is 11.8 Å². The quantitative estimate of drug-likeness (QED) is 0.902. The molecule has 106 valence electrons. The number of rotatable bonds is 5. The Kier molecular flexibility index (Phi) is 5.09. The highest BCUT2D eigenvalue weighted by molar-refractivity contribution is 7.99. The first-order chi connectivity index (χ1) is 9.56. The highest BCUT2D eigenvalue weighted by Crippen LogP contribution is 2.31. The van der Waals surface area contributed by atoms with Gasteiger partial charge in [0.1, 0.15) is 16.7 Å².